The van der Waals surface area contributed by atoms with Crippen molar-refractivity contribution in [2.75, 3.05) is 27.4 Å². The summed E-state index contributed by atoms with van der Waals surface area (Å²) < 4.78 is 28.0. The number of carbonyl (C=O) groups is 1. The van der Waals surface area contributed by atoms with Crippen LogP contribution in [-0.4, -0.2) is 46.8 Å². The number of aromatic nitrogens is 1. The van der Waals surface area contributed by atoms with Gasteiger partial charge in [0.1, 0.15) is 23.8 Å². The van der Waals surface area contributed by atoms with Crippen LogP contribution in [-0.2, 0) is 15.7 Å². The molecule has 0 spiro atoms. The maximum absolute atomic E-state index is 11.5. The Labute approximate surface area is 214 Å². The SMILES string of the molecule is COC(=O)NCc1nc(-c2ccc(OC)cc2)c(-c2ccc(OCCO[Si](C)(C)C(C)(C)C)cc2)o1. The number of methoxy groups -OCH3 is 2. The van der Waals surface area contributed by atoms with Crippen molar-refractivity contribution >= 4 is 14.4 Å². The molecule has 0 unspecified atom stereocenters. The number of nitrogens with zero attached hydrogens (tertiary/aromatic N) is 1. The molecule has 1 N–H and O–H groups in total. The molecule has 36 heavy (non-hydrogen) atoms. The smallest absolute Gasteiger partial charge is 0.407 e. The van der Waals surface area contributed by atoms with Crippen LogP contribution in [0, 0.1) is 0 Å². The van der Waals surface area contributed by atoms with Gasteiger partial charge in [-0.3, -0.25) is 0 Å². The molecule has 0 saturated heterocycles. The zero-order valence-corrected chi connectivity index (χ0v) is 23.1. The van der Waals surface area contributed by atoms with Gasteiger partial charge in [-0.2, -0.15) is 0 Å². The second-order valence-electron chi connectivity index (χ2n) is 9.84. The number of alkyl carbamates (subject to hydrolysis) is 1. The monoisotopic (exact) mass is 512 g/mol. The summed E-state index contributed by atoms with van der Waals surface area (Å²) in [6, 6.07) is 15.2. The van der Waals surface area contributed by atoms with Gasteiger partial charge in [0.05, 0.1) is 27.4 Å². The van der Waals surface area contributed by atoms with Gasteiger partial charge in [0, 0.05) is 11.1 Å². The molecule has 194 valence electrons. The van der Waals surface area contributed by atoms with E-state index in [9.17, 15) is 4.79 Å². The zero-order chi connectivity index (χ0) is 26.3. The molecule has 3 rings (SSSR count). The molecule has 0 bridgehead atoms. The van der Waals surface area contributed by atoms with Gasteiger partial charge in [-0.05, 0) is 66.7 Å². The Hall–Kier alpha value is -3.30. The first kappa shape index (κ1) is 27.3. The molecule has 1 amide bonds. The molecule has 0 fully saturated rings. The molecule has 1 aromatic heterocycles. The molecule has 1 heterocycles. The summed E-state index contributed by atoms with van der Waals surface area (Å²) in [6.07, 6.45) is -0.556. The lowest BCUT2D eigenvalue weighted by Crippen LogP contribution is -2.41. The number of hydrogen-bond donors (Lipinski definition) is 1. The van der Waals surface area contributed by atoms with Crippen LogP contribution >= 0.6 is 0 Å². The number of nitrogens with one attached hydrogen (secondary N) is 1. The van der Waals surface area contributed by atoms with Crippen LogP contribution in [0.15, 0.2) is 52.9 Å². The van der Waals surface area contributed by atoms with Crippen molar-refractivity contribution in [2.45, 2.75) is 45.4 Å². The van der Waals surface area contributed by atoms with Crippen molar-refractivity contribution in [2.24, 2.45) is 0 Å². The minimum atomic E-state index is -1.80. The Kier molecular flexibility index (Phi) is 8.81. The lowest BCUT2D eigenvalue weighted by molar-refractivity contribution is 0.169. The second kappa shape index (κ2) is 11.6. The summed E-state index contributed by atoms with van der Waals surface area (Å²) in [4.78, 5) is 16.1. The molecule has 0 atom stereocenters. The molecule has 3 aromatic rings. The fraction of sp³-hybridized carbons (Fsp3) is 0.407. The fourth-order valence-corrected chi connectivity index (χ4v) is 4.20. The van der Waals surface area contributed by atoms with Gasteiger partial charge in [-0.15, -0.1) is 0 Å². The number of carbonyl (C=O) groups excluding carboxylic acids is 1. The Morgan fingerprint density at radius 2 is 1.56 bits per heavy atom. The Bertz CT molecular complexity index is 1130. The standard InChI is InChI=1S/C27H36N2O6Si/c1-27(2,3)36(6,7)34-17-16-33-22-14-10-20(11-15-22)25-24(19-8-12-21(31-4)13-9-19)29-23(35-25)18-28-26(30)32-5/h8-15H,16-18H2,1-7H3,(H,28,30). The van der Waals surface area contributed by atoms with E-state index in [1.165, 1.54) is 7.11 Å². The van der Waals surface area contributed by atoms with E-state index in [1.807, 2.05) is 48.5 Å². The van der Waals surface area contributed by atoms with E-state index in [4.69, 9.17) is 18.3 Å². The number of rotatable bonds is 10. The van der Waals surface area contributed by atoms with Crippen molar-refractivity contribution < 1.29 is 27.8 Å². The van der Waals surface area contributed by atoms with E-state index in [0.717, 1.165) is 22.6 Å². The molecule has 9 heteroatoms. The lowest BCUT2D eigenvalue weighted by Gasteiger charge is -2.36. The van der Waals surface area contributed by atoms with Crippen LogP contribution in [0.3, 0.4) is 0 Å². The fourth-order valence-electron chi connectivity index (χ4n) is 3.18. The van der Waals surface area contributed by atoms with Crippen LogP contribution < -0.4 is 14.8 Å². The van der Waals surface area contributed by atoms with Crippen LogP contribution in [0.5, 0.6) is 11.5 Å². The zero-order valence-electron chi connectivity index (χ0n) is 22.1. The second-order valence-corrected chi connectivity index (χ2v) is 14.6. The third-order valence-corrected chi connectivity index (χ3v) is 10.9. The number of amides is 1. The topological polar surface area (TPSA) is 92.1 Å². The van der Waals surface area contributed by atoms with Crippen molar-refractivity contribution in [3.63, 3.8) is 0 Å². The van der Waals surface area contributed by atoms with Crippen LogP contribution in [0.4, 0.5) is 4.79 Å². The van der Waals surface area contributed by atoms with Gasteiger partial charge in [-0.1, -0.05) is 20.8 Å². The number of benzene rings is 2. The summed E-state index contributed by atoms with van der Waals surface area (Å²) in [6.45, 7) is 12.3. The van der Waals surface area contributed by atoms with Gasteiger partial charge in [-0.25, -0.2) is 9.78 Å². The predicted octanol–water partition coefficient (Wildman–Crippen LogP) is 6.27. The molecule has 0 aliphatic rings. The highest BCUT2D eigenvalue weighted by molar-refractivity contribution is 6.74. The number of ether oxygens (including phenoxy) is 3. The van der Waals surface area contributed by atoms with Gasteiger partial charge < -0.3 is 28.4 Å². The Morgan fingerprint density at radius 1 is 0.944 bits per heavy atom. The van der Waals surface area contributed by atoms with Gasteiger partial charge in [0.15, 0.2) is 14.1 Å². The molecule has 0 aliphatic carbocycles. The molecular weight excluding hydrogens is 476 g/mol. The number of oxazole rings is 1. The quantitative estimate of drug-likeness (QED) is 0.253. The van der Waals surface area contributed by atoms with E-state index in [0.29, 0.717) is 30.6 Å². The predicted molar refractivity (Wildman–Crippen MR) is 142 cm³/mol. The highest BCUT2D eigenvalue weighted by Gasteiger charge is 2.36. The van der Waals surface area contributed by atoms with Crippen molar-refractivity contribution in [3.8, 4) is 34.1 Å². The first-order valence-electron chi connectivity index (χ1n) is 11.9. The molecule has 0 saturated carbocycles. The maximum atomic E-state index is 11.5. The minimum absolute atomic E-state index is 0.102. The highest BCUT2D eigenvalue weighted by atomic mass is 28.4. The molecule has 0 aliphatic heterocycles. The van der Waals surface area contributed by atoms with Gasteiger partial charge >= 0.3 is 6.09 Å². The first-order valence-corrected chi connectivity index (χ1v) is 14.8. The maximum Gasteiger partial charge on any atom is 0.407 e. The molecular formula is C27H36N2O6Si. The third-order valence-electron chi connectivity index (χ3n) is 6.34. The molecule has 2 aromatic carbocycles. The van der Waals surface area contributed by atoms with E-state index in [1.54, 1.807) is 7.11 Å². The van der Waals surface area contributed by atoms with E-state index in [2.05, 4.69) is 48.9 Å². The van der Waals surface area contributed by atoms with Gasteiger partial charge in [0.25, 0.3) is 0 Å². The third kappa shape index (κ3) is 6.89. The summed E-state index contributed by atoms with van der Waals surface area (Å²) in [7, 11) is 1.13. The van der Waals surface area contributed by atoms with Crippen LogP contribution in [0.25, 0.3) is 22.6 Å². The first-order chi connectivity index (χ1) is 17.0. The summed E-state index contributed by atoms with van der Waals surface area (Å²) >= 11 is 0. The van der Waals surface area contributed by atoms with Crippen molar-refractivity contribution in [3.05, 3.63) is 54.4 Å². The Morgan fingerprint density at radius 3 is 2.14 bits per heavy atom. The summed E-state index contributed by atoms with van der Waals surface area (Å²) in [5.41, 5.74) is 2.36. The van der Waals surface area contributed by atoms with Crippen molar-refractivity contribution in [1.29, 1.82) is 0 Å². The average molecular weight is 513 g/mol. The summed E-state index contributed by atoms with van der Waals surface area (Å²) in [5.74, 6) is 2.45. The van der Waals surface area contributed by atoms with Crippen LogP contribution in [0.1, 0.15) is 26.7 Å². The van der Waals surface area contributed by atoms with Crippen LogP contribution in [0.2, 0.25) is 18.1 Å². The normalized spacial score (nSPS) is 11.8. The number of hydrogen-bond acceptors (Lipinski definition) is 7. The van der Waals surface area contributed by atoms with E-state index >= 15 is 0 Å². The molecule has 8 nitrogen and oxygen atoms in total. The van der Waals surface area contributed by atoms with E-state index in [-0.39, 0.29) is 11.6 Å². The lowest BCUT2D eigenvalue weighted by atomic mass is 10.1. The highest BCUT2D eigenvalue weighted by Crippen LogP contribution is 2.37. The van der Waals surface area contributed by atoms with Crippen molar-refractivity contribution in [1.82, 2.24) is 10.3 Å². The van der Waals surface area contributed by atoms with E-state index < -0.39 is 14.4 Å². The average Bonchev–Trinajstić information content (AvgIpc) is 3.29. The van der Waals surface area contributed by atoms with Gasteiger partial charge in [0.2, 0.25) is 5.89 Å². The summed E-state index contributed by atoms with van der Waals surface area (Å²) in [5, 5.41) is 2.77. The molecule has 0 radical (unpaired) electrons. The minimum Gasteiger partial charge on any atom is -0.497 e. The Balaban J connectivity index is 1.75. The largest absolute Gasteiger partial charge is 0.497 e.